The number of para-hydroxylation sites is 1. The maximum atomic E-state index is 12.2. The van der Waals surface area contributed by atoms with Gasteiger partial charge in [-0.05, 0) is 48.9 Å². The van der Waals surface area contributed by atoms with E-state index in [9.17, 15) is 14.4 Å². The molecule has 1 fully saturated rings. The van der Waals surface area contributed by atoms with Gasteiger partial charge in [-0.25, -0.2) is 9.48 Å². The van der Waals surface area contributed by atoms with Gasteiger partial charge in [-0.3, -0.25) is 20.2 Å². The monoisotopic (exact) mass is 428 g/mol. The molecule has 2 N–H and O–H groups in total. The van der Waals surface area contributed by atoms with Crippen molar-refractivity contribution in [3.63, 3.8) is 0 Å². The number of ether oxygens (including phenoxy) is 1. The van der Waals surface area contributed by atoms with E-state index in [0.717, 1.165) is 16.8 Å². The second-order valence-electron chi connectivity index (χ2n) is 7.08. The minimum atomic E-state index is -0.844. The number of benzene rings is 2. The lowest BCUT2D eigenvalue weighted by Gasteiger charge is -2.14. The number of barbiturate groups is 1. The molecule has 3 aromatic rings. The highest BCUT2D eigenvalue weighted by Gasteiger charge is 2.28. The summed E-state index contributed by atoms with van der Waals surface area (Å²) in [5.74, 6) is -0.831. The van der Waals surface area contributed by atoms with Gasteiger partial charge in [-0.2, -0.15) is 5.10 Å². The van der Waals surface area contributed by atoms with Crippen LogP contribution in [-0.2, 0) is 9.59 Å². The first kappa shape index (κ1) is 20.8. The van der Waals surface area contributed by atoms with Crippen molar-refractivity contribution in [1.29, 1.82) is 0 Å². The second kappa shape index (κ2) is 8.73. The number of imide groups is 2. The van der Waals surface area contributed by atoms with Crippen molar-refractivity contribution in [2.24, 2.45) is 0 Å². The number of urea groups is 1. The molecule has 2 aromatic carbocycles. The predicted octanol–water partition coefficient (Wildman–Crippen LogP) is 3.16. The zero-order valence-electron chi connectivity index (χ0n) is 17.3. The van der Waals surface area contributed by atoms with E-state index in [2.05, 4.69) is 17.2 Å². The summed E-state index contributed by atoms with van der Waals surface area (Å²) in [6.45, 7) is 5.96. The number of rotatable bonds is 6. The van der Waals surface area contributed by atoms with E-state index >= 15 is 0 Å². The molecule has 0 unspecified atom stereocenters. The average Bonchev–Trinajstić information content (AvgIpc) is 3.19. The van der Waals surface area contributed by atoms with Crippen molar-refractivity contribution in [2.75, 3.05) is 6.61 Å². The van der Waals surface area contributed by atoms with E-state index in [-0.39, 0.29) is 5.57 Å². The Kier molecular flexibility index (Phi) is 5.67. The number of aryl methyl sites for hydroxylation is 1. The minimum absolute atomic E-state index is 0.179. The van der Waals surface area contributed by atoms with Crippen LogP contribution in [0, 0.1) is 6.92 Å². The lowest BCUT2D eigenvalue weighted by molar-refractivity contribution is -0.123. The number of carbonyl (C=O) groups excluding carboxylic acids is 3. The SMILES string of the molecule is C=CCOc1ccc(-c2nn(-c3ccccc3)cc2C=C2C(=O)NC(=O)NC2=O)c(C)c1. The standard InChI is InChI=1S/C24H20N4O4/c1-3-11-32-18-9-10-19(15(2)12-18)21-16(13-20-22(29)25-24(31)26-23(20)30)14-28(27-21)17-7-5-4-6-8-17/h3-10,12-14H,1,11H2,2H3,(H2,25,26,29,30,31). The molecule has 1 aliphatic heterocycles. The highest BCUT2D eigenvalue weighted by molar-refractivity contribution is 6.31. The molecule has 4 amide bonds. The zero-order chi connectivity index (χ0) is 22.7. The van der Waals surface area contributed by atoms with Crippen molar-refractivity contribution in [3.05, 3.63) is 84.1 Å². The van der Waals surface area contributed by atoms with Gasteiger partial charge in [0.1, 0.15) is 23.6 Å². The van der Waals surface area contributed by atoms with Crippen LogP contribution in [0.4, 0.5) is 4.79 Å². The molecule has 0 bridgehead atoms. The summed E-state index contributed by atoms with van der Waals surface area (Å²) >= 11 is 0. The van der Waals surface area contributed by atoms with E-state index < -0.39 is 17.8 Å². The van der Waals surface area contributed by atoms with E-state index in [4.69, 9.17) is 9.84 Å². The minimum Gasteiger partial charge on any atom is -0.490 e. The van der Waals surface area contributed by atoms with Gasteiger partial charge in [0.2, 0.25) is 0 Å². The molecule has 1 saturated heterocycles. The zero-order valence-corrected chi connectivity index (χ0v) is 17.3. The van der Waals surface area contributed by atoms with Gasteiger partial charge in [0.05, 0.1) is 5.69 Å². The maximum Gasteiger partial charge on any atom is 0.328 e. The molecule has 1 aliphatic rings. The van der Waals surface area contributed by atoms with Crippen LogP contribution in [0.5, 0.6) is 5.75 Å². The highest BCUT2D eigenvalue weighted by Crippen LogP contribution is 2.31. The fourth-order valence-electron chi connectivity index (χ4n) is 3.32. The quantitative estimate of drug-likeness (QED) is 0.357. The fourth-order valence-corrected chi connectivity index (χ4v) is 3.32. The summed E-state index contributed by atoms with van der Waals surface area (Å²) in [4.78, 5) is 35.9. The van der Waals surface area contributed by atoms with Gasteiger partial charge in [-0.15, -0.1) is 0 Å². The summed E-state index contributed by atoms with van der Waals surface area (Å²) in [5.41, 5.74) is 3.47. The Labute approximate surface area is 184 Å². The summed E-state index contributed by atoms with van der Waals surface area (Å²) < 4.78 is 7.27. The van der Waals surface area contributed by atoms with E-state index in [1.165, 1.54) is 6.08 Å². The molecule has 0 spiro atoms. The third-order valence-electron chi connectivity index (χ3n) is 4.83. The normalized spacial score (nSPS) is 13.4. The summed E-state index contributed by atoms with van der Waals surface area (Å²) in [5, 5.41) is 8.89. The Morgan fingerprint density at radius 3 is 2.44 bits per heavy atom. The van der Waals surface area contributed by atoms with Crippen molar-refractivity contribution >= 4 is 23.9 Å². The molecule has 32 heavy (non-hydrogen) atoms. The van der Waals surface area contributed by atoms with E-state index in [0.29, 0.717) is 23.6 Å². The number of aromatic nitrogens is 2. The molecule has 0 radical (unpaired) electrons. The molecule has 8 heteroatoms. The van der Waals surface area contributed by atoms with Crippen molar-refractivity contribution in [1.82, 2.24) is 20.4 Å². The first-order chi connectivity index (χ1) is 15.5. The molecule has 1 aromatic heterocycles. The number of amides is 4. The van der Waals surface area contributed by atoms with Crippen LogP contribution in [0.15, 0.2) is 73.0 Å². The summed E-state index contributed by atoms with van der Waals surface area (Å²) in [7, 11) is 0. The number of carbonyl (C=O) groups is 3. The Morgan fingerprint density at radius 2 is 1.78 bits per heavy atom. The Bertz CT molecular complexity index is 1240. The molecule has 8 nitrogen and oxygen atoms in total. The van der Waals surface area contributed by atoms with Crippen LogP contribution in [0.3, 0.4) is 0 Å². The molecular formula is C24H20N4O4. The van der Waals surface area contributed by atoms with Gasteiger partial charge in [0.25, 0.3) is 11.8 Å². The van der Waals surface area contributed by atoms with Crippen molar-refractivity contribution in [3.8, 4) is 22.7 Å². The highest BCUT2D eigenvalue weighted by atomic mass is 16.5. The van der Waals surface area contributed by atoms with Gasteiger partial charge in [0, 0.05) is 17.3 Å². The Morgan fingerprint density at radius 1 is 1.06 bits per heavy atom. The van der Waals surface area contributed by atoms with Crippen LogP contribution < -0.4 is 15.4 Å². The predicted molar refractivity (Wildman–Crippen MR) is 119 cm³/mol. The first-order valence-electron chi connectivity index (χ1n) is 9.84. The third kappa shape index (κ3) is 4.20. The van der Waals surface area contributed by atoms with Crippen LogP contribution >= 0.6 is 0 Å². The number of hydrogen-bond donors (Lipinski definition) is 2. The van der Waals surface area contributed by atoms with Crippen molar-refractivity contribution in [2.45, 2.75) is 6.92 Å². The Balaban J connectivity index is 1.83. The van der Waals surface area contributed by atoms with Crippen LogP contribution in [0.1, 0.15) is 11.1 Å². The molecule has 0 atom stereocenters. The Hall–Kier alpha value is -4.46. The van der Waals surface area contributed by atoms with Gasteiger partial charge in [0.15, 0.2) is 0 Å². The van der Waals surface area contributed by atoms with E-state index in [1.54, 1.807) is 17.0 Å². The molecule has 2 heterocycles. The topological polar surface area (TPSA) is 102 Å². The smallest absolute Gasteiger partial charge is 0.328 e. The number of nitrogens with zero attached hydrogens (tertiary/aromatic N) is 2. The van der Waals surface area contributed by atoms with Gasteiger partial charge in [-0.1, -0.05) is 30.9 Å². The molecule has 0 saturated carbocycles. The van der Waals surface area contributed by atoms with E-state index in [1.807, 2.05) is 55.5 Å². The van der Waals surface area contributed by atoms with Gasteiger partial charge < -0.3 is 4.74 Å². The average molecular weight is 428 g/mol. The fraction of sp³-hybridized carbons (Fsp3) is 0.0833. The first-order valence-corrected chi connectivity index (χ1v) is 9.84. The largest absolute Gasteiger partial charge is 0.490 e. The summed E-state index contributed by atoms with van der Waals surface area (Å²) in [6, 6.07) is 14.2. The summed E-state index contributed by atoms with van der Waals surface area (Å²) in [6.07, 6.45) is 4.83. The number of hydrogen-bond acceptors (Lipinski definition) is 5. The van der Waals surface area contributed by atoms with Crippen LogP contribution in [0.25, 0.3) is 23.0 Å². The maximum absolute atomic E-state index is 12.2. The lowest BCUT2D eigenvalue weighted by Crippen LogP contribution is -2.51. The molecule has 160 valence electrons. The second-order valence-corrected chi connectivity index (χ2v) is 7.08. The third-order valence-corrected chi connectivity index (χ3v) is 4.83. The van der Waals surface area contributed by atoms with Crippen LogP contribution in [-0.4, -0.2) is 34.2 Å². The molecule has 0 aliphatic carbocycles. The van der Waals surface area contributed by atoms with Crippen molar-refractivity contribution < 1.29 is 19.1 Å². The lowest BCUT2D eigenvalue weighted by atomic mass is 10.0. The molecular weight excluding hydrogens is 408 g/mol. The van der Waals surface area contributed by atoms with Gasteiger partial charge >= 0.3 is 6.03 Å². The molecule has 4 rings (SSSR count). The number of nitrogens with one attached hydrogen (secondary N) is 2. The van der Waals surface area contributed by atoms with Crippen LogP contribution in [0.2, 0.25) is 0 Å².